The van der Waals surface area contributed by atoms with E-state index in [1.165, 1.54) is 75.8 Å². The Morgan fingerprint density at radius 1 is 0.714 bits per heavy atom. The second kappa shape index (κ2) is 10.2. The lowest BCUT2D eigenvalue weighted by atomic mass is 10.0. The highest BCUT2D eigenvalue weighted by Gasteiger charge is 2.25. The van der Waals surface area contributed by atoms with Gasteiger partial charge in [-0.1, -0.05) is 60.7 Å². The second-order valence-corrected chi connectivity index (χ2v) is 8.47. The summed E-state index contributed by atoms with van der Waals surface area (Å²) in [7, 11) is 0. The molecule has 3 fully saturated rings. The molecule has 2 N–H and O–H groups in total. The summed E-state index contributed by atoms with van der Waals surface area (Å²) in [6.45, 7) is 5.24. The summed E-state index contributed by atoms with van der Waals surface area (Å²) in [5, 5.41) is 7.27. The first-order chi connectivity index (χ1) is 13.9. The Morgan fingerprint density at radius 3 is 1.79 bits per heavy atom. The van der Waals surface area contributed by atoms with Crippen molar-refractivity contribution in [1.29, 1.82) is 0 Å². The molecule has 0 unspecified atom stereocenters. The van der Waals surface area contributed by atoms with E-state index in [4.69, 9.17) is 0 Å². The molecule has 3 saturated heterocycles. The molecule has 0 spiro atoms. The van der Waals surface area contributed by atoms with Gasteiger partial charge < -0.3 is 15.5 Å². The van der Waals surface area contributed by atoms with Crippen molar-refractivity contribution in [3.63, 3.8) is 0 Å². The predicted molar refractivity (Wildman–Crippen MR) is 117 cm³/mol. The molecule has 0 bridgehead atoms. The van der Waals surface area contributed by atoms with Crippen LogP contribution in [-0.4, -0.2) is 37.1 Å². The molecule has 2 aromatic carbocycles. The van der Waals surface area contributed by atoms with E-state index in [0.29, 0.717) is 12.1 Å². The lowest BCUT2D eigenvalue weighted by Gasteiger charge is -2.19. The van der Waals surface area contributed by atoms with Gasteiger partial charge in [-0.05, 0) is 69.3 Å². The van der Waals surface area contributed by atoms with E-state index >= 15 is 0 Å². The zero-order chi connectivity index (χ0) is 19.0. The molecule has 0 saturated carbocycles. The second-order valence-electron chi connectivity index (χ2n) is 8.47. The molecule has 3 nitrogen and oxygen atoms in total. The quantitative estimate of drug-likeness (QED) is 0.810. The topological polar surface area (TPSA) is 27.3 Å². The molecule has 0 amide bonds. The van der Waals surface area contributed by atoms with Crippen LogP contribution in [-0.2, 0) is 0 Å². The summed E-state index contributed by atoms with van der Waals surface area (Å²) >= 11 is 0. The molecule has 28 heavy (non-hydrogen) atoms. The van der Waals surface area contributed by atoms with Crippen LogP contribution >= 0.6 is 0 Å². The Labute approximate surface area is 170 Å². The van der Waals surface area contributed by atoms with Crippen molar-refractivity contribution in [2.75, 3.05) is 26.2 Å². The Hall–Kier alpha value is -1.68. The highest BCUT2D eigenvalue weighted by atomic mass is 15.2. The standard InChI is InChI=1S/C16H17N.C9H18N2/c1-3-7-13(8-4-1)15-11-12-16(17-15)14-9-5-2-6-10-14;1-2-7-11(6-1)8-9-4-3-5-10-9/h1-10,15-17H,11-12H2;9-10H,1-8H2/t15-,16-;9-/m00/s1. The van der Waals surface area contributed by atoms with Crippen LogP contribution in [0, 0.1) is 0 Å². The first-order valence-corrected chi connectivity index (χ1v) is 11.2. The molecular weight excluding hydrogens is 342 g/mol. The molecule has 3 aliphatic rings. The van der Waals surface area contributed by atoms with Gasteiger partial charge >= 0.3 is 0 Å². The molecule has 0 aliphatic carbocycles. The minimum atomic E-state index is 0.515. The minimum Gasteiger partial charge on any atom is -0.313 e. The van der Waals surface area contributed by atoms with Crippen molar-refractivity contribution in [2.45, 2.75) is 56.7 Å². The van der Waals surface area contributed by atoms with E-state index in [2.05, 4.69) is 76.2 Å². The zero-order valence-electron chi connectivity index (χ0n) is 17.0. The smallest absolute Gasteiger partial charge is 0.0326 e. The van der Waals surface area contributed by atoms with Crippen molar-refractivity contribution in [3.8, 4) is 0 Å². The Kier molecular flexibility index (Phi) is 7.15. The van der Waals surface area contributed by atoms with Crippen molar-refractivity contribution < 1.29 is 0 Å². The maximum atomic E-state index is 3.72. The molecule has 3 heterocycles. The van der Waals surface area contributed by atoms with Gasteiger partial charge in [-0.15, -0.1) is 0 Å². The van der Waals surface area contributed by atoms with Crippen LogP contribution in [0.15, 0.2) is 60.7 Å². The number of nitrogens with one attached hydrogen (secondary N) is 2. The first kappa shape index (κ1) is 19.6. The van der Waals surface area contributed by atoms with Gasteiger partial charge in [0.1, 0.15) is 0 Å². The zero-order valence-corrected chi connectivity index (χ0v) is 17.0. The Balaban J connectivity index is 0.000000151. The van der Waals surface area contributed by atoms with Gasteiger partial charge in [-0.3, -0.25) is 0 Å². The summed E-state index contributed by atoms with van der Waals surface area (Å²) in [6.07, 6.45) is 8.08. The SMILES string of the molecule is C1CN[C@H](CN2CCCC2)C1.c1ccc([C@@H]2CC[C@@H](c3ccccc3)N2)cc1. The maximum absolute atomic E-state index is 3.72. The number of nitrogens with zero attached hydrogens (tertiary/aromatic N) is 1. The molecule has 150 valence electrons. The van der Waals surface area contributed by atoms with Crippen molar-refractivity contribution in [1.82, 2.24) is 15.5 Å². The van der Waals surface area contributed by atoms with E-state index in [0.717, 1.165) is 6.04 Å². The van der Waals surface area contributed by atoms with Gasteiger partial charge in [0.2, 0.25) is 0 Å². The molecule has 5 rings (SSSR count). The van der Waals surface area contributed by atoms with Crippen LogP contribution in [0.5, 0.6) is 0 Å². The molecule has 2 aromatic rings. The van der Waals surface area contributed by atoms with Crippen molar-refractivity contribution >= 4 is 0 Å². The van der Waals surface area contributed by atoms with E-state index in [9.17, 15) is 0 Å². The maximum Gasteiger partial charge on any atom is 0.0326 e. The summed E-state index contributed by atoms with van der Waals surface area (Å²) in [5.41, 5.74) is 2.82. The van der Waals surface area contributed by atoms with Crippen LogP contribution in [0.4, 0.5) is 0 Å². The van der Waals surface area contributed by atoms with Crippen LogP contribution < -0.4 is 10.6 Å². The predicted octanol–water partition coefficient (Wildman–Crippen LogP) is 4.69. The highest BCUT2D eigenvalue weighted by Crippen LogP contribution is 2.34. The van der Waals surface area contributed by atoms with Crippen molar-refractivity contribution in [2.24, 2.45) is 0 Å². The molecule has 0 aromatic heterocycles. The largest absolute Gasteiger partial charge is 0.313 e. The van der Waals surface area contributed by atoms with E-state index < -0.39 is 0 Å². The van der Waals surface area contributed by atoms with E-state index in [1.54, 1.807) is 0 Å². The van der Waals surface area contributed by atoms with Gasteiger partial charge in [0.25, 0.3) is 0 Å². The third-order valence-electron chi connectivity index (χ3n) is 6.39. The summed E-state index contributed by atoms with van der Waals surface area (Å²) in [5.74, 6) is 0. The fraction of sp³-hybridized carbons (Fsp3) is 0.520. The van der Waals surface area contributed by atoms with E-state index in [-0.39, 0.29) is 0 Å². The molecule has 0 radical (unpaired) electrons. The third-order valence-corrected chi connectivity index (χ3v) is 6.39. The number of benzene rings is 2. The average Bonchev–Trinajstić information content (AvgIpc) is 3.53. The average molecular weight is 378 g/mol. The highest BCUT2D eigenvalue weighted by molar-refractivity contribution is 5.24. The van der Waals surface area contributed by atoms with Crippen LogP contribution in [0.3, 0.4) is 0 Å². The minimum absolute atomic E-state index is 0.515. The molecule has 3 atom stereocenters. The van der Waals surface area contributed by atoms with E-state index in [1.807, 2.05) is 0 Å². The van der Waals surface area contributed by atoms with Crippen LogP contribution in [0.1, 0.15) is 61.7 Å². The molecule has 3 heteroatoms. The normalized spacial score (nSPS) is 27.5. The lowest BCUT2D eigenvalue weighted by molar-refractivity contribution is 0.303. The molecular formula is C25H35N3. The van der Waals surface area contributed by atoms with Crippen LogP contribution in [0.2, 0.25) is 0 Å². The number of hydrogen-bond donors (Lipinski definition) is 2. The Bertz CT molecular complexity index is 616. The van der Waals surface area contributed by atoms with Gasteiger partial charge in [0, 0.05) is 24.7 Å². The fourth-order valence-corrected chi connectivity index (χ4v) is 4.83. The fourth-order valence-electron chi connectivity index (χ4n) is 4.83. The van der Waals surface area contributed by atoms with Crippen LogP contribution in [0.25, 0.3) is 0 Å². The number of likely N-dealkylation sites (tertiary alicyclic amines) is 1. The Morgan fingerprint density at radius 2 is 1.29 bits per heavy atom. The van der Waals surface area contributed by atoms with Gasteiger partial charge in [-0.2, -0.15) is 0 Å². The monoisotopic (exact) mass is 377 g/mol. The summed E-state index contributed by atoms with van der Waals surface area (Å²) < 4.78 is 0. The molecule has 3 aliphatic heterocycles. The third kappa shape index (κ3) is 5.44. The van der Waals surface area contributed by atoms with Gasteiger partial charge in [0.15, 0.2) is 0 Å². The summed E-state index contributed by atoms with van der Waals surface area (Å²) in [4.78, 5) is 2.60. The number of hydrogen-bond acceptors (Lipinski definition) is 3. The van der Waals surface area contributed by atoms with Gasteiger partial charge in [0.05, 0.1) is 0 Å². The number of rotatable bonds is 4. The van der Waals surface area contributed by atoms with Crippen molar-refractivity contribution in [3.05, 3.63) is 71.8 Å². The lowest BCUT2D eigenvalue weighted by Crippen LogP contribution is -2.35. The summed E-state index contributed by atoms with van der Waals surface area (Å²) in [6, 6.07) is 23.3. The van der Waals surface area contributed by atoms with Gasteiger partial charge in [-0.25, -0.2) is 0 Å². The first-order valence-electron chi connectivity index (χ1n) is 11.2.